The zero-order chi connectivity index (χ0) is 20.4. The van der Waals surface area contributed by atoms with Crippen LogP contribution < -0.4 is 20.3 Å². The van der Waals surface area contributed by atoms with E-state index in [1.165, 1.54) is 0 Å². The molecule has 29 heavy (non-hydrogen) atoms. The number of anilines is 1. The molecule has 0 fully saturated rings. The number of hydrogen-bond donors (Lipinski definition) is 3. The van der Waals surface area contributed by atoms with E-state index in [0.29, 0.717) is 40.9 Å². The van der Waals surface area contributed by atoms with Gasteiger partial charge in [0.1, 0.15) is 17.3 Å². The van der Waals surface area contributed by atoms with Crippen molar-refractivity contribution in [3.63, 3.8) is 0 Å². The van der Waals surface area contributed by atoms with Crippen molar-refractivity contribution < 1.29 is 9.47 Å². The van der Waals surface area contributed by atoms with Crippen LogP contribution in [0, 0.1) is 6.92 Å². The molecule has 0 aliphatic carbocycles. The normalized spacial score (nSPS) is 12.9. The molecule has 0 bridgehead atoms. The summed E-state index contributed by atoms with van der Waals surface area (Å²) in [5.41, 5.74) is 4.11. The van der Waals surface area contributed by atoms with Gasteiger partial charge in [-0.2, -0.15) is 5.10 Å². The second-order valence-corrected chi connectivity index (χ2v) is 7.55. The highest BCUT2D eigenvalue weighted by Gasteiger charge is 2.19. The molecular formula is C20H21N5O3S. The summed E-state index contributed by atoms with van der Waals surface area (Å²) < 4.78 is 10.6. The maximum atomic E-state index is 12.5. The van der Waals surface area contributed by atoms with E-state index >= 15 is 0 Å². The molecule has 0 atom stereocenters. The van der Waals surface area contributed by atoms with Crippen LogP contribution in [-0.4, -0.2) is 34.4 Å². The van der Waals surface area contributed by atoms with E-state index in [4.69, 9.17) is 9.47 Å². The minimum atomic E-state index is -0.110. The van der Waals surface area contributed by atoms with Gasteiger partial charge in [-0.1, -0.05) is 0 Å². The molecule has 3 heterocycles. The van der Waals surface area contributed by atoms with Crippen LogP contribution in [0.3, 0.4) is 0 Å². The number of nitrogens with zero attached hydrogens (tertiary/aromatic N) is 2. The molecule has 0 saturated heterocycles. The zero-order valence-corrected chi connectivity index (χ0v) is 17.1. The predicted octanol–water partition coefficient (Wildman–Crippen LogP) is 3.18. The Kier molecular flexibility index (Phi) is 5.30. The Morgan fingerprint density at radius 2 is 1.97 bits per heavy atom. The molecule has 0 unspecified atom stereocenters. The number of aromatic amines is 2. The van der Waals surface area contributed by atoms with Gasteiger partial charge in [-0.15, -0.1) is 11.8 Å². The summed E-state index contributed by atoms with van der Waals surface area (Å²) in [6.07, 6.45) is 3.75. The maximum absolute atomic E-state index is 12.5. The van der Waals surface area contributed by atoms with Gasteiger partial charge in [0.15, 0.2) is 0 Å². The van der Waals surface area contributed by atoms with E-state index in [-0.39, 0.29) is 5.56 Å². The molecule has 0 amide bonds. The number of benzene rings is 1. The number of methoxy groups -OCH3 is 2. The lowest BCUT2D eigenvalue weighted by atomic mass is 10.1. The highest BCUT2D eigenvalue weighted by atomic mass is 32.2. The Hall–Kier alpha value is -3.20. The lowest BCUT2D eigenvalue weighted by molar-refractivity contribution is 0.394. The number of thioether (sulfide) groups is 1. The van der Waals surface area contributed by atoms with Gasteiger partial charge in [-0.05, 0) is 13.0 Å². The monoisotopic (exact) mass is 411 g/mol. The molecule has 9 heteroatoms. The number of H-pyrrole nitrogens is 2. The van der Waals surface area contributed by atoms with Crippen molar-refractivity contribution in [1.29, 1.82) is 0 Å². The largest absolute Gasteiger partial charge is 0.497 e. The van der Waals surface area contributed by atoms with E-state index < -0.39 is 0 Å². The third-order valence-electron chi connectivity index (χ3n) is 4.64. The summed E-state index contributed by atoms with van der Waals surface area (Å²) >= 11 is 1.61. The van der Waals surface area contributed by atoms with Gasteiger partial charge in [0.05, 0.1) is 38.2 Å². The lowest BCUT2D eigenvalue weighted by Crippen LogP contribution is -2.21. The summed E-state index contributed by atoms with van der Waals surface area (Å²) in [6, 6.07) is 5.51. The SMILES string of the molecule is COc1cc(NCc2nc3c(c(=O)[nH]2)CSC(c2cn[nH]c2C)=C3)cc(OC)c1. The fourth-order valence-corrected chi connectivity index (χ4v) is 4.21. The van der Waals surface area contributed by atoms with Crippen LogP contribution in [0.25, 0.3) is 11.0 Å². The number of fused-ring (bicyclic) bond motifs is 1. The highest BCUT2D eigenvalue weighted by Crippen LogP contribution is 2.37. The van der Waals surface area contributed by atoms with Crippen LogP contribution >= 0.6 is 11.8 Å². The van der Waals surface area contributed by atoms with E-state index in [1.807, 2.05) is 25.1 Å². The molecule has 150 valence electrons. The number of ether oxygens (including phenoxy) is 2. The number of aromatic nitrogens is 4. The van der Waals surface area contributed by atoms with Crippen molar-refractivity contribution in [2.45, 2.75) is 19.2 Å². The third-order valence-corrected chi connectivity index (χ3v) is 5.72. The number of rotatable bonds is 6. The smallest absolute Gasteiger partial charge is 0.255 e. The van der Waals surface area contributed by atoms with Crippen molar-refractivity contribution in [1.82, 2.24) is 20.2 Å². The van der Waals surface area contributed by atoms with Gasteiger partial charge >= 0.3 is 0 Å². The van der Waals surface area contributed by atoms with Crippen molar-refractivity contribution >= 4 is 28.4 Å². The maximum Gasteiger partial charge on any atom is 0.255 e. The quantitative estimate of drug-likeness (QED) is 0.572. The van der Waals surface area contributed by atoms with E-state index in [1.54, 1.807) is 38.2 Å². The summed E-state index contributed by atoms with van der Waals surface area (Å²) in [5, 5.41) is 10.3. The minimum absolute atomic E-state index is 0.110. The summed E-state index contributed by atoms with van der Waals surface area (Å²) in [4.78, 5) is 21.1. The Labute approximate surface area is 171 Å². The standard InChI is InChI=1S/C20H21N5O3S/c1-11-15(8-22-25-11)18-7-17-16(10-29-18)20(26)24-19(23-17)9-21-12-4-13(27-2)6-14(5-12)28-3/h4-8,21H,9-10H2,1-3H3,(H,22,25)(H,23,24,26). The molecule has 1 aliphatic rings. The van der Waals surface area contributed by atoms with Crippen molar-refractivity contribution in [2.24, 2.45) is 0 Å². The summed E-state index contributed by atoms with van der Waals surface area (Å²) in [5.74, 6) is 2.49. The zero-order valence-electron chi connectivity index (χ0n) is 16.3. The fraction of sp³-hybridized carbons (Fsp3) is 0.250. The Morgan fingerprint density at radius 1 is 1.21 bits per heavy atom. The Morgan fingerprint density at radius 3 is 2.62 bits per heavy atom. The molecule has 2 aromatic heterocycles. The lowest BCUT2D eigenvalue weighted by Gasteiger charge is -2.16. The van der Waals surface area contributed by atoms with Crippen LogP contribution in [0.1, 0.15) is 28.3 Å². The second kappa shape index (κ2) is 8.04. The van der Waals surface area contributed by atoms with Crippen LogP contribution in [0.5, 0.6) is 11.5 Å². The van der Waals surface area contributed by atoms with Crippen LogP contribution in [0.2, 0.25) is 0 Å². The molecule has 3 N–H and O–H groups in total. The first-order chi connectivity index (χ1) is 14.1. The van der Waals surface area contributed by atoms with E-state index in [2.05, 4.69) is 25.5 Å². The van der Waals surface area contributed by atoms with Crippen LogP contribution in [0.15, 0.2) is 29.2 Å². The molecule has 0 radical (unpaired) electrons. The molecule has 1 aliphatic heterocycles. The Bertz CT molecular complexity index is 1110. The molecule has 0 spiro atoms. The fourth-order valence-electron chi connectivity index (χ4n) is 3.07. The average molecular weight is 411 g/mol. The minimum Gasteiger partial charge on any atom is -0.497 e. The summed E-state index contributed by atoms with van der Waals surface area (Å²) in [6.45, 7) is 2.34. The number of hydrogen-bond acceptors (Lipinski definition) is 7. The van der Waals surface area contributed by atoms with Crippen molar-refractivity contribution in [3.8, 4) is 11.5 Å². The first-order valence-corrected chi connectivity index (χ1v) is 10.00. The van der Waals surface area contributed by atoms with Gasteiger partial charge in [-0.25, -0.2) is 4.98 Å². The predicted molar refractivity (Wildman–Crippen MR) is 114 cm³/mol. The molecule has 8 nitrogen and oxygen atoms in total. The number of aryl methyl sites for hydroxylation is 1. The van der Waals surface area contributed by atoms with Crippen LogP contribution in [0.4, 0.5) is 5.69 Å². The van der Waals surface area contributed by atoms with Gasteiger partial charge in [0.2, 0.25) is 0 Å². The highest BCUT2D eigenvalue weighted by molar-refractivity contribution is 8.07. The molecule has 4 rings (SSSR count). The first-order valence-electron chi connectivity index (χ1n) is 9.01. The molecule has 0 saturated carbocycles. The molecular weight excluding hydrogens is 390 g/mol. The Balaban J connectivity index is 1.60. The third kappa shape index (κ3) is 4.00. The van der Waals surface area contributed by atoms with Gasteiger partial charge < -0.3 is 19.8 Å². The molecule has 1 aromatic carbocycles. The van der Waals surface area contributed by atoms with Gasteiger partial charge in [-0.3, -0.25) is 9.89 Å². The second-order valence-electron chi connectivity index (χ2n) is 6.54. The van der Waals surface area contributed by atoms with Crippen molar-refractivity contribution in [2.75, 3.05) is 19.5 Å². The first kappa shape index (κ1) is 19.1. The van der Waals surface area contributed by atoms with Gasteiger partial charge in [0, 0.05) is 45.8 Å². The average Bonchev–Trinajstić information content (AvgIpc) is 3.17. The van der Waals surface area contributed by atoms with Crippen LogP contribution in [-0.2, 0) is 12.3 Å². The topological polar surface area (TPSA) is 105 Å². The van der Waals surface area contributed by atoms with E-state index in [0.717, 1.165) is 21.8 Å². The number of nitrogens with one attached hydrogen (secondary N) is 3. The summed E-state index contributed by atoms with van der Waals surface area (Å²) in [7, 11) is 3.20. The molecule has 3 aromatic rings. The van der Waals surface area contributed by atoms with E-state index in [9.17, 15) is 4.79 Å². The van der Waals surface area contributed by atoms with Gasteiger partial charge in [0.25, 0.3) is 5.56 Å². The van der Waals surface area contributed by atoms with Crippen molar-refractivity contribution in [3.05, 3.63) is 63.1 Å².